The first kappa shape index (κ1) is 32.7. The van der Waals surface area contributed by atoms with Gasteiger partial charge in [-0.2, -0.15) is 0 Å². The first-order chi connectivity index (χ1) is 23.9. The normalized spacial score (nSPS) is 29.4. The second-order valence-corrected chi connectivity index (χ2v) is 12.9. The third-order valence-electron chi connectivity index (χ3n) is 9.91. The SMILES string of the molecule is O=C1CC/C=C\[C@@H]2O[C@@]34C=CCN(Cn5nnc6ccccc65)C(=O)[C@@H]3N(CCCCCO)C(=O)[C@H]4[C@@H]2C(=O)O[C@@H](c2ccccc2)CN1. The van der Waals surface area contributed by atoms with Crippen LogP contribution in [0.3, 0.4) is 0 Å². The van der Waals surface area contributed by atoms with Crippen LogP contribution in [0.15, 0.2) is 78.9 Å². The highest BCUT2D eigenvalue weighted by molar-refractivity contribution is 5.99. The smallest absolute Gasteiger partial charge is 0.313 e. The van der Waals surface area contributed by atoms with E-state index in [1.165, 1.54) is 0 Å². The minimum Gasteiger partial charge on any atom is -0.455 e. The van der Waals surface area contributed by atoms with Gasteiger partial charge in [0.05, 0.1) is 24.1 Å². The first-order valence-electron chi connectivity index (χ1n) is 16.9. The lowest BCUT2D eigenvalue weighted by Crippen LogP contribution is -2.55. The molecule has 5 heterocycles. The highest BCUT2D eigenvalue weighted by Crippen LogP contribution is 2.53. The Morgan fingerprint density at radius 1 is 0.959 bits per heavy atom. The molecule has 13 heteroatoms. The number of amides is 3. The zero-order valence-corrected chi connectivity index (χ0v) is 27.1. The Morgan fingerprint density at radius 3 is 2.61 bits per heavy atom. The van der Waals surface area contributed by atoms with Crippen LogP contribution in [0.4, 0.5) is 0 Å². The molecule has 4 aliphatic heterocycles. The van der Waals surface area contributed by atoms with Crippen LogP contribution in [0.5, 0.6) is 0 Å². The molecule has 2 fully saturated rings. The highest BCUT2D eigenvalue weighted by atomic mass is 16.6. The van der Waals surface area contributed by atoms with Crippen molar-refractivity contribution in [2.45, 2.75) is 62.6 Å². The third kappa shape index (κ3) is 6.12. The van der Waals surface area contributed by atoms with Gasteiger partial charge in [0.2, 0.25) is 11.8 Å². The van der Waals surface area contributed by atoms with E-state index < -0.39 is 41.7 Å². The second kappa shape index (κ2) is 13.9. The number of carbonyl (C=O) groups excluding carboxylic acids is 4. The number of carbonyl (C=O) groups is 4. The fourth-order valence-electron chi connectivity index (χ4n) is 7.57. The molecule has 1 spiro atoms. The van der Waals surface area contributed by atoms with Crippen LogP contribution in [0.25, 0.3) is 11.0 Å². The number of esters is 1. The molecule has 256 valence electrons. The Labute approximate surface area is 283 Å². The number of aliphatic hydroxyl groups excluding tert-OH is 1. The lowest BCUT2D eigenvalue weighted by Gasteiger charge is -2.35. The van der Waals surface area contributed by atoms with Gasteiger partial charge >= 0.3 is 5.97 Å². The fraction of sp³-hybridized carbons (Fsp3) is 0.444. The molecule has 3 amide bonds. The first-order valence-corrected chi connectivity index (χ1v) is 16.9. The van der Waals surface area contributed by atoms with E-state index in [-0.39, 0.29) is 57.1 Å². The number of rotatable bonds is 8. The van der Waals surface area contributed by atoms with Crippen molar-refractivity contribution < 1.29 is 33.8 Å². The molecule has 3 aromatic rings. The third-order valence-corrected chi connectivity index (χ3v) is 9.91. The number of ether oxygens (including phenoxy) is 2. The largest absolute Gasteiger partial charge is 0.455 e. The summed E-state index contributed by atoms with van der Waals surface area (Å²) < 4.78 is 14.6. The molecular formula is C36H40N6O7. The summed E-state index contributed by atoms with van der Waals surface area (Å²) in [6.45, 7) is 0.685. The van der Waals surface area contributed by atoms with Crippen LogP contribution in [0, 0.1) is 11.8 Å². The Hall–Kier alpha value is -4.88. The molecule has 0 saturated carbocycles. The minimum atomic E-state index is -1.44. The number of aliphatic hydroxyl groups is 1. The number of likely N-dealkylation sites (tertiary alicyclic amines) is 1. The Balaban J connectivity index is 1.26. The molecule has 1 aromatic heterocycles. The molecule has 0 aliphatic carbocycles. The number of fused-ring (bicyclic) bond motifs is 3. The predicted molar refractivity (Wildman–Crippen MR) is 176 cm³/mol. The van der Waals surface area contributed by atoms with Crippen LogP contribution >= 0.6 is 0 Å². The van der Waals surface area contributed by atoms with Crippen molar-refractivity contribution in [3.05, 3.63) is 84.5 Å². The van der Waals surface area contributed by atoms with E-state index >= 15 is 0 Å². The lowest BCUT2D eigenvalue weighted by atomic mass is 9.78. The summed E-state index contributed by atoms with van der Waals surface area (Å²) in [5.74, 6) is -3.56. The van der Waals surface area contributed by atoms with E-state index in [9.17, 15) is 24.3 Å². The highest BCUT2D eigenvalue weighted by Gasteiger charge is 2.71. The van der Waals surface area contributed by atoms with Gasteiger partial charge in [-0.25, -0.2) is 4.68 Å². The van der Waals surface area contributed by atoms with Crippen molar-refractivity contribution in [2.24, 2.45) is 11.8 Å². The van der Waals surface area contributed by atoms with Gasteiger partial charge in [0.25, 0.3) is 5.91 Å². The molecule has 13 nitrogen and oxygen atoms in total. The lowest BCUT2D eigenvalue weighted by molar-refractivity contribution is -0.160. The van der Waals surface area contributed by atoms with Gasteiger partial charge in [0.15, 0.2) is 0 Å². The molecule has 0 unspecified atom stereocenters. The number of hydrogen-bond acceptors (Lipinski definition) is 9. The number of nitrogens with zero attached hydrogens (tertiary/aromatic N) is 5. The van der Waals surface area contributed by atoms with Crippen molar-refractivity contribution >= 4 is 34.7 Å². The molecule has 2 N–H and O–H groups in total. The molecule has 0 bridgehead atoms. The number of cyclic esters (lactones) is 1. The molecule has 0 radical (unpaired) electrons. The fourth-order valence-corrected chi connectivity index (χ4v) is 7.57. The standard InChI is InChI=1S/C36H40N6O7/c43-21-10-2-9-20-41-32-34(46)40(23-42-26-15-6-5-14-25(26)38-39-42)19-11-18-36(32)31(33(41)45)30-27(49-36)16-7-8-17-29(44)37-22-28(48-35(30)47)24-12-3-1-4-13-24/h1,3-7,11-16,18,27-28,30-32,43H,2,8-10,17,19-23H2,(H,37,44)/b16-7-/t27-,28+,30+,31+,32-,36+/m0/s1. The van der Waals surface area contributed by atoms with E-state index in [1.807, 2.05) is 60.7 Å². The maximum Gasteiger partial charge on any atom is 0.313 e. The topological polar surface area (TPSA) is 156 Å². The Kier molecular flexibility index (Phi) is 9.28. The van der Waals surface area contributed by atoms with E-state index in [1.54, 1.807) is 32.7 Å². The number of benzene rings is 2. The number of hydrogen-bond donors (Lipinski definition) is 2. The predicted octanol–water partition coefficient (Wildman–Crippen LogP) is 2.28. The van der Waals surface area contributed by atoms with Gasteiger partial charge in [-0.1, -0.05) is 72.0 Å². The maximum absolute atomic E-state index is 14.7. The van der Waals surface area contributed by atoms with E-state index in [0.717, 1.165) is 5.52 Å². The average Bonchev–Trinajstić information content (AvgIpc) is 3.70. The minimum absolute atomic E-state index is 0.0271. The van der Waals surface area contributed by atoms with E-state index in [4.69, 9.17) is 9.47 Å². The molecule has 2 saturated heterocycles. The summed E-state index contributed by atoms with van der Waals surface area (Å²) in [6, 6.07) is 15.6. The van der Waals surface area contributed by atoms with Crippen LogP contribution in [-0.2, 0) is 35.3 Å². The van der Waals surface area contributed by atoms with Gasteiger partial charge in [-0.15, -0.1) is 5.10 Å². The van der Waals surface area contributed by atoms with Crippen LogP contribution in [-0.4, -0.2) is 97.6 Å². The molecule has 49 heavy (non-hydrogen) atoms. The average molecular weight is 669 g/mol. The molecular weight excluding hydrogens is 628 g/mol. The van der Waals surface area contributed by atoms with Crippen molar-refractivity contribution in [2.75, 3.05) is 26.2 Å². The van der Waals surface area contributed by atoms with Gasteiger partial charge < -0.3 is 29.7 Å². The molecule has 4 aliphatic rings. The van der Waals surface area contributed by atoms with Gasteiger partial charge in [-0.3, -0.25) is 19.2 Å². The van der Waals surface area contributed by atoms with E-state index in [0.29, 0.717) is 36.8 Å². The number of unbranched alkanes of at least 4 members (excludes halogenated alkanes) is 2. The van der Waals surface area contributed by atoms with Crippen molar-refractivity contribution in [3.63, 3.8) is 0 Å². The number of allylic oxidation sites excluding steroid dienone is 1. The summed E-state index contributed by atoms with van der Waals surface area (Å²) in [4.78, 5) is 59.4. The van der Waals surface area contributed by atoms with Gasteiger partial charge in [-0.05, 0) is 43.4 Å². The summed E-state index contributed by atoms with van der Waals surface area (Å²) in [5.41, 5.74) is 0.724. The summed E-state index contributed by atoms with van der Waals surface area (Å²) in [5, 5.41) is 20.8. The van der Waals surface area contributed by atoms with Crippen molar-refractivity contribution in [3.8, 4) is 0 Å². The number of aromatic nitrogens is 3. The van der Waals surface area contributed by atoms with Crippen LogP contribution in [0.1, 0.15) is 43.8 Å². The molecule has 2 aromatic carbocycles. The molecule has 7 rings (SSSR count). The zero-order chi connectivity index (χ0) is 34.0. The van der Waals surface area contributed by atoms with E-state index in [2.05, 4.69) is 15.6 Å². The van der Waals surface area contributed by atoms with Crippen LogP contribution < -0.4 is 5.32 Å². The quantitative estimate of drug-likeness (QED) is 0.209. The van der Waals surface area contributed by atoms with Gasteiger partial charge in [0.1, 0.15) is 35.9 Å². The molecule has 6 atom stereocenters. The summed E-state index contributed by atoms with van der Waals surface area (Å²) in [6.07, 6.45) is 7.88. The monoisotopic (exact) mass is 668 g/mol. The maximum atomic E-state index is 14.7. The van der Waals surface area contributed by atoms with Gasteiger partial charge in [0, 0.05) is 26.1 Å². The summed E-state index contributed by atoms with van der Waals surface area (Å²) in [7, 11) is 0. The van der Waals surface area contributed by atoms with Crippen molar-refractivity contribution in [1.29, 1.82) is 0 Å². The Morgan fingerprint density at radius 2 is 1.78 bits per heavy atom. The number of nitrogens with one attached hydrogen (secondary N) is 1. The Bertz CT molecular complexity index is 1780. The zero-order valence-electron chi connectivity index (χ0n) is 27.1. The summed E-state index contributed by atoms with van der Waals surface area (Å²) >= 11 is 0. The van der Waals surface area contributed by atoms with Crippen molar-refractivity contribution in [1.82, 2.24) is 30.1 Å². The number of para-hydroxylation sites is 1. The van der Waals surface area contributed by atoms with Crippen LogP contribution in [0.2, 0.25) is 0 Å². The second-order valence-electron chi connectivity index (χ2n) is 12.9.